The SMILES string of the molecule is OC(CCCCc1ccccc1)(c1ccccc1)c1cncn1Cc1ccccc1. The lowest BCUT2D eigenvalue weighted by molar-refractivity contribution is 0.0601. The highest BCUT2D eigenvalue weighted by atomic mass is 16.3. The Labute approximate surface area is 178 Å². The molecule has 30 heavy (non-hydrogen) atoms. The number of hydrogen-bond donors (Lipinski definition) is 1. The van der Waals surface area contributed by atoms with Gasteiger partial charge in [0, 0.05) is 6.54 Å². The molecule has 0 bridgehead atoms. The highest BCUT2D eigenvalue weighted by Gasteiger charge is 2.34. The molecule has 3 heteroatoms. The molecule has 0 aliphatic rings. The van der Waals surface area contributed by atoms with Gasteiger partial charge >= 0.3 is 0 Å². The van der Waals surface area contributed by atoms with Gasteiger partial charge in [-0.3, -0.25) is 0 Å². The molecule has 0 amide bonds. The van der Waals surface area contributed by atoms with Gasteiger partial charge in [0.25, 0.3) is 0 Å². The molecule has 0 radical (unpaired) electrons. The van der Waals surface area contributed by atoms with E-state index in [4.69, 9.17) is 0 Å². The molecule has 3 nitrogen and oxygen atoms in total. The van der Waals surface area contributed by atoms with Crippen molar-refractivity contribution in [2.75, 3.05) is 0 Å². The molecule has 0 saturated carbocycles. The second-order valence-corrected chi connectivity index (χ2v) is 7.81. The largest absolute Gasteiger partial charge is 0.379 e. The third kappa shape index (κ3) is 4.69. The molecule has 4 rings (SSSR count). The van der Waals surface area contributed by atoms with Crippen LogP contribution in [0.25, 0.3) is 0 Å². The molecule has 1 unspecified atom stereocenters. The number of aryl methyl sites for hydroxylation is 1. The number of benzene rings is 3. The van der Waals surface area contributed by atoms with Crippen molar-refractivity contribution in [2.45, 2.75) is 37.8 Å². The standard InChI is InChI=1S/C27H28N2O/c30-27(25-17-8-3-9-18-25,19-11-10-14-23-12-4-1-5-13-23)26-20-28-22-29(26)21-24-15-6-2-7-16-24/h1-9,12-13,15-18,20,22,30H,10-11,14,19,21H2. The predicted molar refractivity (Wildman–Crippen MR) is 121 cm³/mol. The topological polar surface area (TPSA) is 38.1 Å². The van der Waals surface area contributed by atoms with Crippen LogP contribution in [-0.2, 0) is 18.6 Å². The molecule has 1 atom stereocenters. The van der Waals surface area contributed by atoms with Gasteiger partial charge in [-0.2, -0.15) is 0 Å². The van der Waals surface area contributed by atoms with Gasteiger partial charge in [0.15, 0.2) is 0 Å². The second-order valence-electron chi connectivity index (χ2n) is 7.81. The van der Waals surface area contributed by atoms with Crippen molar-refractivity contribution in [3.63, 3.8) is 0 Å². The van der Waals surface area contributed by atoms with Crippen molar-refractivity contribution in [2.24, 2.45) is 0 Å². The molecule has 0 saturated heterocycles. The number of hydrogen-bond acceptors (Lipinski definition) is 2. The number of unbranched alkanes of at least 4 members (excludes halogenated alkanes) is 1. The minimum absolute atomic E-state index is 0.657. The first-order valence-corrected chi connectivity index (χ1v) is 10.6. The van der Waals surface area contributed by atoms with Crippen LogP contribution in [0.5, 0.6) is 0 Å². The van der Waals surface area contributed by atoms with Crippen LogP contribution in [0.4, 0.5) is 0 Å². The van der Waals surface area contributed by atoms with Gasteiger partial charge in [0.1, 0.15) is 5.60 Å². The fourth-order valence-electron chi connectivity index (χ4n) is 4.06. The Kier molecular flexibility index (Phi) is 6.41. The third-order valence-electron chi connectivity index (χ3n) is 5.68. The van der Waals surface area contributed by atoms with Crippen molar-refractivity contribution >= 4 is 0 Å². The molecule has 3 aromatic carbocycles. The first-order valence-electron chi connectivity index (χ1n) is 10.6. The third-order valence-corrected chi connectivity index (χ3v) is 5.68. The summed E-state index contributed by atoms with van der Waals surface area (Å²) in [5.41, 5.74) is 3.23. The van der Waals surface area contributed by atoms with Crippen LogP contribution in [0.1, 0.15) is 41.6 Å². The maximum atomic E-state index is 11.9. The van der Waals surface area contributed by atoms with E-state index in [0.29, 0.717) is 13.0 Å². The summed E-state index contributed by atoms with van der Waals surface area (Å²) in [6.07, 6.45) is 7.27. The summed E-state index contributed by atoms with van der Waals surface area (Å²) >= 11 is 0. The Balaban J connectivity index is 1.55. The van der Waals surface area contributed by atoms with Crippen molar-refractivity contribution in [3.05, 3.63) is 126 Å². The van der Waals surface area contributed by atoms with E-state index in [1.165, 1.54) is 11.1 Å². The highest BCUT2D eigenvalue weighted by Crippen LogP contribution is 2.35. The number of aromatic nitrogens is 2. The molecule has 1 N–H and O–H groups in total. The van der Waals surface area contributed by atoms with E-state index in [1.807, 2.05) is 67.1 Å². The van der Waals surface area contributed by atoms with Crippen molar-refractivity contribution < 1.29 is 5.11 Å². The summed E-state index contributed by atoms with van der Waals surface area (Å²) < 4.78 is 2.07. The monoisotopic (exact) mass is 396 g/mol. The Hall–Kier alpha value is -3.17. The average molecular weight is 397 g/mol. The normalized spacial score (nSPS) is 13.1. The first-order chi connectivity index (χ1) is 14.8. The molecule has 4 aromatic rings. The van der Waals surface area contributed by atoms with Crippen molar-refractivity contribution in [1.82, 2.24) is 9.55 Å². The number of aliphatic hydroxyl groups is 1. The molecule has 1 heterocycles. The molecule has 1 aromatic heterocycles. The van der Waals surface area contributed by atoms with Crippen molar-refractivity contribution in [3.8, 4) is 0 Å². The summed E-state index contributed by atoms with van der Waals surface area (Å²) in [6, 6.07) is 30.8. The van der Waals surface area contributed by atoms with E-state index in [-0.39, 0.29) is 0 Å². The zero-order chi connectivity index (χ0) is 20.7. The number of rotatable bonds is 9. The van der Waals surface area contributed by atoms with Crippen LogP contribution < -0.4 is 0 Å². The van der Waals surface area contributed by atoms with E-state index >= 15 is 0 Å². The lowest BCUT2D eigenvalue weighted by Crippen LogP contribution is -2.30. The van der Waals surface area contributed by atoms with E-state index in [0.717, 1.165) is 30.5 Å². The van der Waals surface area contributed by atoms with Crippen molar-refractivity contribution in [1.29, 1.82) is 0 Å². The van der Waals surface area contributed by atoms with Crippen LogP contribution in [0, 0.1) is 0 Å². The molecule has 0 aliphatic carbocycles. The summed E-state index contributed by atoms with van der Waals surface area (Å²) in [5.74, 6) is 0. The van der Waals surface area contributed by atoms with Crippen LogP contribution in [0.2, 0.25) is 0 Å². The van der Waals surface area contributed by atoms with Gasteiger partial charge in [-0.25, -0.2) is 4.98 Å². The Morgan fingerprint density at radius 1 is 0.733 bits per heavy atom. The lowest BCUT2D eigenvalue weighted by Gasteiger charge is -2.30. The molecule has 152 valence electrons. The van der Waals surface area contributed by atoms with E-state index in [9.17, 15) is 5.11 Å². The Bertz CT molecular complexity index is 1030. The van der Waals surface area contributed by atoms with Gasteiger partial charge in [-0.1, -0.05) is 91.0 Å². The number of nitrogens with zero attached hydrogens (tertiary/aromatic N) is 2. The van der Waals surface area contributed by atoms with Crippen LogP contribution in [0.3, 0.4) is 0 Å². The summed E-state index contributed by atoms with van der Waals surface area (Å²) in [4.78, 5) is 4.39. The fraction of sp³-hybridized carbons (Fsp3) is 0.222. The smallest absolute Gasteiger partial charge is 0.131 e. The molecular weight excluding hydrogens is 368 g/mol. The zero-order valence-electron chi connectivity index (χ0n) is 17.2. The maximum Gasteiger partial charge on any atom is 0.131 e. The van der Waals surface area contributed by atoms with Gasteiger partial charge in [-0.05, 0) is 42.4 Å². The summed E-state index contributed by atoms with van der Waals surface area (Å²) in [7, 11) is 0. The lowest BCUT2D eigenvalue weighted by atomic mass is 9.85. The van der Waals surface area contributed by atoms with E-state index in [2.05, 4.69) is 45.9 Å². The second kappa shape index (κ2) is 9.55. The van der Waals surface area contributed by atoms with Gasteiger partial charge < -0.3 is 9.67 Å². The van der Waals surface area contributed by atoms with Gasteiger partial charge in [0.2, 0.25) is 0 Å². The van der Waals surface area contributed by atoms with Crippen LogP contribution in [0.15, 0.2) is 104 Å². The van der Waals surface area contributed by atoms with Crippen LogP contribution >= 0.6 is 0 Å². The van der Waals surface area contributed by atoms with Crippen LogP contribution in [-0.4, -0.2) is 14.7 Å². The highest BCUT2D eigenvalue weighted by molar-refractivity contribution is 5.32. The molecular formula is C27H28N2O. The molecule has 0 aliphatic heterocycles. The quantitative estimate of drug-likeness (QED) is 0.375. The summed E-state index contributed by atoms with van der Waals surface area (Å²) in [5, 5.41) is 11.9. The Morgan fingerprint density at radius 3 is 2.00 bits per heavy atom. The minimum atomic E-state index is -1.07. The summed E-state index contributed by atoms with van der Waals surface area (Å²) in [6.45, 7) is 0.690. The van der Waals surface area contributed by atoms with E-state index in [1.54, 1.807) is 0 Å². The zero-order valence-corrected chi connectivity index (χ0v) is 17.2. The predicted octanol–water partition coefficient (Wildman–Crippen LogP) is 5.58. The molecule has 0 fully saturated rings. The first kappa shape index (κ1) is 20.1. The number of imidazole rings is 1. The average Bonchev–Trinajstić information content (AvgIpc) is 3.27. The van der Waals surface area contributed by atoms with E-state index < -0.39 is 5.60 Å². The van der Waals surface area contributed by atoms with Gasteiger partial charge in [-0.15, -0.1) is 0 Å². The maximum absolute atomic E-state index is 11.9. The fourth-order valence-corrected chi connectivity index (χ4v) is 4.06. The Morgan fingerprint density at radius 2 is 1.33 bits per heavy atom. The minimum Gasteiger partial charge on any atom is -0.379 e. The van der Waals surface area contributed by atoms with Gasteiger partial charge in [0.05, 0.1) is 18.2 Å². The molecule has 0 spiro atoms.